The first kappa shape index (κ1) is 11.8. The molecule has 0 radical (unpaired) electrons. The lowest BCUT2D eigenvalue weighted by Gasteiger charge is -2.28. The zero-order valence-corrected chi connectivity index (χ0v) is 8.62. The lowest BCUT2D eigenvalue weighted by Crippen LogP contribution is -2.39. The van der Waals surface area contributed by atoms with Crippen LogP contribution in [0.4, 0.5) is 18.9 Å². The zero-order chi connectivity index (χ0) is 12.6. The number of benzene rings is 1. The van der Waals surface area contributed by atoms with Gasteiger partial charge in [-0.1, -0.05) is 12.1 Å². The van der Waals surface area contributed by atoms with Gasteiger partial charge >= 0.3 is 6.18 Å². The van der Waals surface area contributed by atoms with E-state index in [1.807, 2.05) is 0 Å². The van der Waals surface area contributed by atoms with E-state index in [2.05, 4.69) is 5.32 Å². The SMILES string of the molecule is O=[N+]([O-])c1cccc2c1CCNC2C(F)(F)F. The molecule has 92 valence electrons. The Morgan fingerprint density at radius 2 is 2.12 bits per heavy atom. The standard InChI is InChI=1S/C10H9F3N2O2/c11-10(12,13)9-7-2-1-3-8(15(16)17)6(7)4-5-14-9/h1-3,9,14H,4-5H2. The molecule has 1 aromatic rings. The lowest BCUT2D eigenvalue weighted by atomic mass is 9.92. The van der Waals surface area contributed by atoms with E-state index in [1.165, 1.54) is 18.2 Å². The fourth-order valence-electron chi connectivity index (χ4n) is 2.05. The molecule has 0 fully saturated rings. The highest BCUT2D eigenvalue weighted by atomic mass is 19.4. The van der Waals surface area contributed by atoms with Crippen LogP contribution in [-0.4, -0.2) is 17.6 Å². The summed E-state index contributed by atoms with van der Waals surface area (Å²) >= 11 is 0. The summed E-state index contributed by atoms with van der Waals surface area (Å²) in [6.45, 7) is 0.0853. The van der Waals surface area contributed by atoms with Crippen molar-refractivity contribution in [1.82, 2.24) is 5.32 Å². The van der Waals surface area contributed by atoms with Gasteiger partial charge in [-0.2, -0.15) is 13.2 Å². The van der Waals surface area contributed by atoms with E-state index in [0.29, 0.717) is 0 Å². The van der Waals surface area contributed by atoms with Crippen molar-refractivity contribution < 1.29 is 18.1 Å². The molecule has 4 nitrogen and oxygen atoms in total. The maximum atomic E-state index is 12.7. The van der Waals surface area contributed by atoms with Crippen molar-refractivity contribution in [3.63, 3.8) is 0 Å². The summed E-state index contributed by atoms with van der Waals surface area (Å²) in [6, 6.07) is 1.98. The first-order valence-electron chi connectivity index (χ1n) is 4.97. The van der Waals surface area contributed by atoms with Crippen LogP contribution in [0.3, 0.4) is 0 Å². The Morgan fingerprint density at radius 3 is 2.71 bits per heavy atom. The number of rotatable bonds is 1. The van der Waals surface area contributed by atoms with Gasteiger partial charge in [0.05, 0.1) is 4.92 Å². The highest BCUT2D eigenvalue weighted by Crippen LogP contribution is 2.39. The number of nitro benzene ring substituents is 1. The molecule has 0 spiro atoms. The Hall–Kier alpha value is -1.63. The molecule has 1 heterocycles. The quantitative estimate of drug-likeness (QED) is 0.611. The molecule has 1 aliphatic rings. The van der Waals surface area contributed by atoms with Crippen molar-refractivity contribution >= 4 is 5.69 Å². The van der Waals surface area contributed by atoms with E-state index < -0.39 is 17.1 Å². The van der Waals surface area contributed by atoms with E-state index in [4.69, 9.17) is 0 Å². The summed E-state index contributed by atoms with van der Waals surface area (Å²) in [5, 5.41) is 13.1. The van der Waals surface area contributed by atoms with Crippen molar-refractivity contribution in [3.05, 3.63) is 39.4 Å². The Balaban J connectivity index is 2.53. The van der Waals surface area contributed by atoms with Crippen molar-refractivity contribution in [2.75, 3.05) is 6.54 Å². The summed E-state index contributed by atoms with van der Waals surface area (Å²) < 4.78 is 38.2. The molecule has 7 heteroatoms. The monoisotopic (exact) mass is 246 g/mol. The highest BCUT2D eigenvalue weighted by molar-refractivity contribution is 5.48. The summed E-state index contributed by atoms with van der Waals surface area (Å²) in [7, 11) is 0. The molecule has 0 amide bonds. The predicted octanol–water partition coefficient (Wildman–Crippen LogP) is 2.34. The summed E-state index contributed by atoms with van der Waals surface area (Å²) in [4.78, 5) is 10.1. The molecule has 0 saturated heterocycles. The second kappa shape index (κ2) is 3.99. The number of halogens is 3. The van der Waals surface area contributed by atoms with E-state index in [1.54, 1.807) is 0 Å². The van der Waals surface area contributed by atoms with E-state index >= 15 is 0 Å². The van der Waals surface area contributed by atoms with E-state index in [0.717, 1.165) is 0 Å². The van der Waals surface area contributed by atoms with Crippen LogP contribution in [-0.2, 0) is 6.42 Å². The third kappa shape index (κ3) is 2.10. The normalized spacial score (nSPS) is 19.8. The van der Waals surface area contributed by atoms with Crippen LogP contribution >= 0.6 is 0 Å². The van der Waals surface area contributed by atoms with Gasteiger partial charge in [0, 0.05) is 18.2 Å². The molecule has 0 aliphatic carbocycles. The molecule has 2 rings (SSSR count). The van der Waals surface area contributed by atoms with E-state index in [-0.39, 0.29) is 29.8 Å². The van der Waals surface area contributed by atoms with Crippen molar-refractivity contribution in [3.8, 4) is 0 Å². The highest BCUT2D eigenvalue weighted by Gasteiger charge is 2.44. The molecular weight excluding hydrogens is 237 g/mol. The molecule has 1 aliphatic heterocycles. The number of hydrogen-bond donors (Lipinski definition) is 1. The summed E-state index contributed by atoms with van der Waals surface area (Å²) in [6.07, 6.45) is -4.20. The van der Waals surface area contributed by atoms with Gasteiger partial charge < -0.3 is 5.32 Å². The second-order valence-corrected chi connectivity index (χ2v) is 3.78. The van der Waals surface area contributed by atoms with E-state index in [9.17, 15) is 23.3 Å². The van der Waals surface area contributed by atoms with Gasteiger partial charge in [0.2, 0.25) is 0 Å². The molecule has 0 saturated carbocycles. The van der Waals surface area contributed by atoms with Crippen LogP contribution in [0.5, 0.6) is 0 Å². The van der Waals surface area contributed by atoms with Gasteiger partial charge in [-0.3, -0.25) is 10.1 Å². The van der Waals surface area contributed by atoms with Crippen molar-refractivity contribution in [1.29, 1.82) is 0 Å². The Morgan fingerprint density at radius 1 is 1.41 bits per heavy atom. The molecule has 1 atom stereocenters. The first-order chi connectivity index (χ1) is 7.91. The molecular formula is C10H9F3N2O2. The molecule has 1 aromatic carbocycles. The maximum Gasteiger partial charge on any atom is 0.407 e. The van der Waals surface area contributed by atoms with Gasteiger partial charge in [-0.25, -0.2) is 0 Å². The summed E-state index contributed by atoms with van der Waals surface area (Å²) in [5.74, 6) is 0. The molecule has 0 bridgehead atoms. The van der Waals surface area contributed by atoms with Crippen molar-refractivity contribution in [2.24, 2.45) is 0 Å². The van der Waals surface area contributed by atoms with Crippen molar-refractivity contribution in [2.45, 2.75) is 18.6 Å². The minimum absolute atomic E-state index is 0.0436. The van der Waals surface area contributed by atoms with Gasteiger partial charge in [0.1, 0.15) is 6.04 Å². The third-order valence-corrected chi connectivity index (χ3v) is 2.75. The Kier molecular flexibility index (Phi) is 2.78. The topological polar surface area (TPSA) is 55.2 Å². The lowest BCUT2D eigenvalue weighted by molar-refractivity contribution is -0.385. The zero-order valence-electron chi connectivity index (χ0n) is 8.62. The van der Waals surface area contributed by atoms with Gasteiger partial charge in [0.15, 0.2) is 0 Å². The molecule has 1 N–H and O–H groups in total. The van der Waals surface area contributed by atoms with Crippen LogP contribution in [0.15, 0.2) is 18.2 Å². The van der Waals surface area contributed by atoms with Gasteiger partial charge in [-0.05, 0) is 12.0 Å². The Labute approximate surface area is 94.6 Å². The van der Waals surface area contributed by atoms with Crippen LogP contribution in [0.1, 0.15) is 17.2 Å². The van der Waals surface area contributed by atoms with Gasteiger partial charge in [0.25, 0.3) is 5.69 Å². The fourth-order valence-corrected chi connectivity index (χ4v) is 2.05. The Bertz CT molecular complexity index is 459. The van der Waals surface area contributed by atoms with Crippen LogP contribution in [0.25, 0.3) is 0 Å². The average Bonchev–Trinajstić information content (AvgIpc) is 2.26. The largest absolute Gasteiger partial charge is 0.407 e. The number of nitrogens with zero attached hydrogens (tertiary/aromatic N) is 1. The van der Waals surface area contributed by atoms with Crippen LogP contribution < -0.4 is 5.32 Å². The molecule has 1 unspecified atom stereocenters. The third-order valence-electron chi connectivity index (χ3n) is 2.75. The number of nitrogens with one attached hydrogen (secondary N) is 1. The van der Waals surface area contributed by atoms with Crippen LogP contribution in [0, 0.1) is 10.1 Å². The minimum Gasteiger partial charge on any atom is -0.302 e. The second-order valence-electron chi connectivity index (χ2n) is 3.78. The van der Waals surface area contributed by atoms with Gasteiger partial charge in [-0.15, -0.1) is 0 Å². The number of fused-ring (bicyclic) bond motifs is 1. The minimum atomic E-state index is -4.44. The smallest absolute Gasteiger partial charge is 0.302 e. The predicted molar refractivity (Wildman–Crippen MR) is 53.6 cm³/mol. The average molecular weight is 246 g/mol. The number of alkyl halides is 3. The maximum absolute atomic E-state index is 12.7. The number of hydrogen-bond acceptors (Lipinski definition) is 3. The first-order valence-corrected chi connectivity index (χ1v) is 4.97. The van der Waals surface area contributed by atoms with Crippen LogP contribution in [0.2, 0.25) is 0 Å². The fraction of sp³-hybridized carbons (Fsp3) is 0.400. The molecule has 0 aromatic heterocycles. The molecule has 17 heavy (non-hydrogen) atoms. The number of nitro groups is 1. The summed E-state index contributed by atoms with van der Waals surface area (Å²) in [5.41, 5.74) is -0.102.